The van der Waals surface area contributed by atoms with Crippen LogP contribution in [-0.4, -0.2) is 46.0 Å². The molecule has 7 heteroatoms. The average molecular weight is 324 g/mol. The molecule has 0 aliphatic carbocycles. The average Bonchev–Trinajstić information content (AvgIpc) is 2.74. The van der Waals surface area contributed by atoms with Gasteiger partial charge in [-0.15, -0.1) is 11.3 Å². The van der Waals surface area contributed by atoms with Crippen molar-refractivity contribution in [1.29, 1.82) is 0 Å². The molecule has 5 nitrogen and oxygen atoms in total. The van der Waals surface area contributed by atoms with E-state index in [1.807, 2.05) is 0 Å². The first-order valence-electron chi connectivity index (χ1n) is 7.06. The fourth-order valence-corrected chi connectivity index (χ4v) is 3.42. The van der Waals surface area contributed by atoms with E-state index in [2.05, 4.69) is 37.1 Å². The quantitative estimate of drug-likeness (QED) is 0.869. The second-order valence-corrected chi connectivity index (χ2v) is 6.64. The minimum absolute atomic E-state index is 0.626. The number of hydrogen-bond acceptors (Lipinski definition) is 6. The molecule has 21 heavy (non-hydrogen) atoms. The number of halogens is 1. The van der Waals surface area contributed by atoms with Crippen LogP contribution in [0.5, 0.6) is 0 Å². The molecule has 2 aromatic heterocycles. The van der Waals surface area contributed by atoms with Gasteiger partial charge in [-0.3, -0.25) is 4.90 Å². The molecule has 0 unspecified atom stereocenters. The molecule has 1 aliphatic heterocycles. The van der Waals surface area contributed by atoms with Crippen molar-refractivity contribution in [1.82, 2.24) is 19.9 Å². The van der Waals surface area contributed by atoms with Crippen molar-refractivity contribution in [3.05, 3.63) is 33.6 Å². The lowest BCUT2D eigenvalue weighted by atomic mass is 10.3. The fraction of sp³-hybridized carbons (Fsp3) is 0.500. The molecule has 3 heterocycles. The largest absolute Gasteiger partial charge is 0.354 e. The molecule has 1 saturated heterocycles. The van der Waals surface area contributed by atoms with Gasteiger partial charge in [0.15, 0.2) is 5.82 Å². The minimum atomic E-state index is 0.626. The highest BCUT2D eigenvalue weighted by Crippen LogP contribution is 2.22. The van der Waals surface area contributed by atoms with Crippen LogP contribution >= 0.6 is 22.9 Å². The van der Waals surface area contributed by atoms with E-state index in [-0.39, 0.29) is 0 Å². The van der Waals surface area contributed by atoms with Gasteiger partial charge in [-0.1, -0.05) is 11.6 Å². The van der Waals surface area contributed by atoms with E-state index >= 15 is 0 Å². The molecule has 3 rings (SSSR count). The Balaban J connectivity index is 1.63. The van der Waals surface area contributed by atoms with Gasteiger partial charge in [-0.25, -0.2) is 15.0 Å². The summed E-state index contributed by atoms with van der Waals surface area (Å²) in [5, 5.41) is 3.91. The second kappa shape index (κ2) is 6.68. The van der Waals surface area contributed by atoms with Crippen LogP contribution in [0, 0.1) is 6.92 Å². The predicted octanol–water partition coefficient (Wildman–Crippen LogP) is 2.61. The number of anilines is 1. The lowest BCUT2D eigenvalue weighted by Crippen LogP contribution is -2.31. The number of aromatic nitrogens is 3. The Hall–Kier alpha value is -1.24. The van der Waals surface area contributed by atoms with E-state index in [1.54, 1.807) is 23.9 Å². The Kier molecular flexibility index (Phi) is 4.67. The summed E-state index contributed by atoms with van der Waals surface area (Å²) >= 11 is 7.91. The van der Waals surface area contributed by atoms with Crippen molar-refractivity contribution in [3.8, 4) is 0 Å². The zero-order chi connectivity index (χ0) is 14.7. The molecule has 2 aromatic rings. The molecular weight excluding hydrogens is 306 g/mol. The van der Waals surface area contributed by atoms with Crippen LogP contribution in [0.4, 0.5) is 5.82 Å². The Morgan fingerprint density at radius 3 is 2.95 bits per heavy atom. The highest BCUT2D eigenvalue weighted by atomic mass is 35.5. The maximum absolute atomic E-state index is 6.19. The Labute approximate surface area is 133 Å². The van der Waals surface area contributed by atoms with Crippen LogP contribution in [0.3, 0.4) is 0 Å². The topological polar surface area (TPSA) is 45.2 Å². The summed E-state index contributed by atoms with van der Waals surface area (Å²) in [6, 6.07) is 0. The van der Waals surface area contributed by atoms with Crippen LogP contribution in [-0.2, 0) is 6.54 Å². The van der Waals surface area contributed by atoms with Crippen molar-refractivity contribution in [2.45, 2.75) is 19.9 Å². The van der Waals surface area contributed by atoms with Crippen molar-refractivity contribution in [3.63, 3.8) is 0 Å². The van der Waals surface area contributed by atoms with Gasteiger partial charge < -0.3 is 4.90 Å². The summed E-state index contributed by atoms with van der Waals surface area (Å²) in [4.78, 5) is 17.5. The van der Waals surface area contributed by atoms with Crippen LogP contribution < -0.4 is 4.90 Å². The lowest BCUT2D eigenvalue weighted by Gasteiger charge is -2.22. The highest BCUT2D eigenvalue weighted by Gasteiger charge is 2.18. The molecule has 0 radical (unpaired) electrons. The van der Waals surface area contributed by atoms with Gasteiger partial charge in [0.1, 0.15) is 11.3 Å². The summed E-state index contributed by atoms with van der Waals surface area (Å²) in [6.45, 7) is 6.96. The third kappa shape index (κ3) is 3.70. The predicted molar refractivity (Wildman–Crippen MR) is 86.0 cm³/mol. The van der Waals surface area contributed by atoms with Gasteiger partial charge in [-0.2, -0.15) is 0 Å². The van der Waals surface area contributed by atoms with Gasteiger partial charge in [0, 0.05) is 38.1 Å². The number of thiazole rings is 1. The lowest BCUT2D eigenvalue weighted by molar-refractivity contribution is 0.282. The Bertz CT molecular complexity index is 603. The Morgan fingerprint density at radius 2 is 2.19 bits per heavy atom. The zero-order valence-electron chi connectivity index (χ0n) is 12.0. The van der Waals surface area contributed by atoms with Crippen molar-refractivity contribution in [2.75, 3.05) is 31.1 Å². The molecule has 0 bridgehead atoms. The van der Waals surface area contributed by atoms with E-state index in [1.165, 1.54) is 5.69 Å². The third-order valence-corrected chi connectivity index (χ3v) is 4.68. The van der Waals surface area contributed by atoms with Crippen molar-refractivity contribution >= 4 is 28.8 Å². The summed E-state index contributed by atoms with van der Waals surface area (Å²) in [7, 11) is 0. The molecule has 0 atom stereocenters. The number of aryl methyl sites for hydroxylation is 1. The monoisotopic (exact) mass is 323 g/mol. The van der Waals surface area contributed by atoms with Gasteiger partial charge in [0.2, 0.25) is 0 Å². The maximum atomic E-state index is 6.19. The van der Waals surface area contributed by atoms with Crippen LogP contribution in [0.25, 0.3) is 0 Å². The molecule has 0 saturated carbocycles. The Morgan fingerprint density at radius 1 is 1.29 bits per heavy atom. The minimum Gasteiger partial charge on any atom is -0.354 e. The van der Waals surface area contributed by atoms with E-state index < -0.39 is 0 Å². The van der Waals surface area contributed by atoms with Crippen LogP contribution in [0.2, 0.25) is 5.02 Å². The van der Waals surface area contributed by atoms with Crippen molar-refractivity contribution < 1.29 is 0 Å². The molecule has 1 fully saturated rings. The second-order valence-electron chi connectivity index (χ2n) is 5.17. The standard InChI is InChI=1S/C14H18ClN5S/c1-11-18-12(9-21-11)8-19-3-2-4-20(6-5-19)14-13(15)7-16-10-17-14/h7,9-10H,2-6,8H2,1H3. The van der Waals surface area contributed by atoms with Gasteiger partial charge in [0.05, 0.1) is 16.9 Å². The zero-order valence-corrected chi connectivity index (χ0v) is 13.6. The molecular formula is C14H18ClN5S. The van der Waals surface area contributed by atoms with Gasteiger partial charge >= 0.3 is 0 Å². The van der Waals surface area contributed by atoms with E-state index in [0.717, 1.165) is 50.0 Å². The van der Waals surface area contributed by atoms with E-state index in [0.29, 0.717) is 5.02 Å². The molecule has 0 N–H and O–H groups in total. The first kappa shape index (κ1) is 14.7. The number of rotatable bonds is 3. The van der Waals surface area contributed by atoms with Crippen LogP contribution in [0.1, 0.15) is 17.1 Å². The smallest absolute Gasteiger partial charge is 0.150 e. The fourth-order valence-electron chi connectivity index (χ4n) is 2.59. The summed E-state index contributed by atoms with van der Waals surface area (Å²) < 4.78 is 0. The summed E-state index contributed by atoms with van der Waals surface area (Å²) in [6.07, 6.45) is 4.32. The van der Waals surface area contributed by atoms with Gasteiger partial charge in [-0.05, 0) is 13.3 Å². The maximum Gasteiger partial charge on any atom is 0.150 e. The highest BCUT2D eigenvalue weighted by molar-refractivity contribution is 7.09. The van der Waals surface area contributed by atoms with Gasteiger partial charge in [0.25, 0.3) is 0 Å². The van der Waals surface area contributed by atoms with Crippen LogP contribution in [0.15, 0.2) is 17.9 Å². The summed E-state index contributed by atoms with van der Waals surface area (Å²) in [5.74, 6) is 0.845. The SMILES string of the molecule is Cc1nc(CN2CCCN(c3ncncc3Cl)CC2)cs1. The first-order valence-corrected chi connectivity index (χ1v) is 8.32. The molecule has 0 spiro atoms. The molecule has 0 aromatic carbocycles. The normalized spacial score (nSPS) is 17.0. The molecule has 0 amide bonds. The first-order chi connectivity index (χ1) is 10.2. The molecule has 1 aliphatic rings. The molecule has 112 valence electrons. The van der Waals surface area contributed by atoms with E-state index in [4.69, 9.17) is 11.6 Å². The number of nitrogens with zero attached hydrogens (tertiary/aromatic N) is 5. The third-order valence-electron chi connectivity index (χ3n) is 3.59. The number of hydrogen-bond donors (Lipinski definition) is 0. The van der Waals surface area contributed by atoms with E-state index in [9.17, 15) is 0 Å². The van der Waals surface area contributed by atoms with Crippen molar-refractivity contribution in [2.24, 2.45) is 0 Å². The summed E-state index contributed by atoms with van der Waals surface area (Å²) in [5.41, 5.74) is 1.17.